The van der Waals surface area contributed by atoms with E-state index in [4.69, 9.17) is 0 Å². The zero-order valence-corrected chi connectivity index (χ0v) is 19.8. The lowest BCUT2D eigenvalue weighted by Gasteiger charge is -2.31. The van der Waals surface area contributed by atoms with Crippen molar-refractivity contribution in [3.63, 3.8) is 0 Å². The quantitative estimate of drug-likeness (QED) is 0.373. The van der Waals surface area contributed by atoms with Crippen molar-refractivity contribution in [2.45, 2.75) is 58.2 Å². The second kappa shape index (κ2) is 9.77. The van der Waals surface area contributed by atoms with Gasteiger partial charge in [0.05, 0.1) is 12.0 Å². The summed E-state index contributed by atoms with van der Waals surface area (Å²) in [4.78, 5) is 17.2. The van der Waals surface area contributed by atoms with E-state index in [-0.39, 0.29) is 30.3 Å². The highest BCUT2D eigenvalue weighted by atomic mass is 32.1. The lowest BCUT2D eigenvalue weighted by atomic mass is 9.85. The smallest absolute Gasteiger partial charge is 0.391 e. The van der Waals surface area contributed by atoms with Crippen molar-refractivity contribution in [1.29, 1.82) is 0 Å². The Morgan fingerprint density at radius 3 is 2.59 bits per heavy atom. The molecule has 1 saturated carbocycles. The Labute approximate surface area is 199 Å². The summed E-state index contributed by atoms with van der Waals surface area (Å²) < 4.78 is 41.1. The minimum absolute atomic E-state index is 0.0246. The van der Waals surface area contributed by atoms with Crippen LogP contribution >= 0.6 is 11.3 Å². The first-order valence-corrected chi connectivity index (χ1v) is 12.2. The minimum atomic E-state index is -4.16. The highest BCUT2D eigenvalue weighted by Crippen LogP contribution is 2.41. The van der Waals surface area contributed by atoms with E-state index in [2.05, 4.69) is 29.2 Å². The molecule has 1 fully saturated rings. The van der Waals surface area contributed by atoms with Crippen LogP contribution < -0.4 is 5.32 Å². The minimum Gasteiger partial charge on any atom is -0.478 e. The van der Waals surface area contributed by atoms with E-state index in [9.17, 15) is 23.1 Å². The average molecular weight is 493 g/mol. The van der Waals surface area contributed by atoms with Gasteiger partial charge in [0, 0.05) is 28.4 Å². The number of carboxylic acids is 1. The molecule has 2 N–H and O–H groups in total. The molecular formula is C24H27F3N4O2S. The molecule has 0 unspecified atom stereocenters. The van der Waals surface area contributed by atoms with E-state index < -0.39 is 18.1 Å². The predicted molar refractivity (Wildman–Crippen MR) is 126 cm³/mol. The third-order valence-electron chi connectivity index (χ3n) is 6.11. The van der Waals surface area contributed by atoms with Crippen molar-refractivity contribution >= 4 is 28.9 Å². The first-order chi connectivity index (χ1) is 16.1. The molecule has 0 amide bonds. The molecule has 0 spiro atoms. The van der Waals surface area contributed by atoms with E-state index >= 15 is 0 Å². The number of carboxylic acid groups (broad SMARTS) is 1. The van der Waals surface area contributed by atoms with Gasteiger partial charge >= 0.3 is 12.1 Å². The highest BCUT2D eigenvalue weighted by molar-refractivity contribution is 7.13. The van der Waals surface area contributed by atoms with Gasteiger partial charge in [-0.2, -0.15) is 18.3 Å². The molecule has 0 radical (unpaired) electrons. The van der Waals surface area contributed by atoms with Gasteiger partial charge in [-0.05, 0) is 55.5 Å². The standard InChI is InChI=1S/C24H27F3N4O2S/c1-14(2)10-18-12-21(30-31(18)17-7-5-16(6-8-17)24(25,26)27)29-22-19(23(32)33)11-15(13-28-22)20-4-3-9-34-20/h3-4,9,11-14,16-17H,5-8,10H2,1-2H3,(H,32,33)(H,28,29,30)/t16-,17-. The average Bonchev–Trinajstić information content (AvgIpc) is 3.43. The summed E-state index contributed by atoms with van der Waals surface area (Å²) in [5, 5.41) is 19.3. The van der Waals surface area contributed by atoms with Gasteiger partial charge in [-0.1, -0.05) is 19.9 Å². The molecule has 3 aromatic heterocycles. The zero-order chi connectivity index (χ0) is 24.5. The van der Waals surface area contributed by atoms with Crippen LogP contribution in [0.5, 0.6) is 0 Å². The predicted octanol–water partition coefficient (Wildman–Crippen LogP) is 6.94. The zero-order valence-electron chi connectivity index (χ0n) is 19.0. The number of carbonyl (C=O) groups is 1. The van der Waals surface area contributed by atoms with E-state index in [1.807, 2.05) is 28.3 Å². The molecule has 10 heteroatoms. The second-order valence-electron chi connectivity index (χ2n) is 9.14. The number of halogens is 3. The maximum absolute atomic E-state index is 13.1. The van der Waals surface area contributed by atoms with Crippen molar-refractivity contribution in [2.75, 3.05) is 5.32 Å². The lowest BCUT2D eigenvalue weighted by molar-refractivity contribution is -0.183. The van der Waals surface area contributed by atoms with Gasteiger partial charge in [-0.3, -0.25) is 4.68 Å². The van der Waals surface area contributed by atoms with Crippen LogP contribution in [0.15, 0.2) is 35.8 Å². The third kappa shape index (κ3) is 5.43. The topological polar surface area (TPSA) is 80.0 Å². The van der Waals surface area contributed by atoms with Crippen LogP contribution in [0.2, 0.25) is 0 Å². The van der Waals surface area contributed by atoms with Crippen LogP contribution in [0, 0.1) is 11.8 Å². The fraction of sp³-hybridized carbons (Fsp3) is 0.458. The SMILES string of the molecule is CC(C)Cc1cc(Nc2ncc(-c3cccs3)cc2C(=O)O)nn1[C@H]1CC[C@H](C(F)(F)F)CC1. The largest absolute Gasteiger partial charge is 0.478 e. The van der Waals surface area contributed by atoms with Crippen molar-refractivity contribution in [2.24, 2.45) is 11.8 Å². The summed E-state index contributed by atoms with van der Waals surface area (Å²) in [5.41, 5.74) is 1.65. The van der Waals surface area contributed by atoms with Gasteiger partial charge in [0.25, 0.3) is 0 Å². The normalized spacial score (nSPS) is 18.9. The van der Waals surface area contributed by atoms with Crippen LogP contribution in [-0.2, 0) is 6.42 Å². The Kier molecular flexibility index (Phi) is 6.97. The van der Waals surface area contributed by atoms with Crippen LogP contribution in [-0.4, -0.2) is 32.0 Å². The number of pyridine rings is 1. The summed E-state index contributed by atoms with van der Waals surface area (Å²) in [6.07, 6.45) is -0.832. The summed E-state index contributed by atoms with van der Waals surface area (Å²) in [7, 11) is 0. The second-order valence-corrected chi connectivity index (χ2v) is 10.1. The Bertz CT molecular complexity index is 1130. The number of nitrogens with one attached hydrogen (secondary N) is 1. The monoisotopic (exact) mass is 492 g/mol. The number of hydrogen-bond donors (Lipinski definition) is 2. The molecule has 0 saturated heterocycles. The summed E-state index contributed by atoms with van der Waals surface area (Å²) in [6, 6.07) is 7.09. The molecule has 6 nitrogen and oxygen atoms in total. The Balaban J connectivity index is 1.59. The first kappa shape index (κ1) is 24.3. The van der Waals surface area contributed by atoms with Crippen LogP contribution in [0.25, 0.3) is 10.4 Å². The third-order valence-corrected chi connectivity index (χ3v) is 7.03. The van der Waals surface area contributed by atoms with Gasteiger partial charge in [-0.15, -0.1) is 11.3 Å². The van der Waals surface area contributed by atoms with Gasteiger partial charge in [0.1, 0.15) is 11.4 Å². The lowest BCUT2D eigenvalue weighted by Crippen LogP contribution is -2.29. The number of anilines is 2. The molecule has 0 aromatic carbocycles. The molecule has 34 heavy (non-hydrogen) atoms. The van der Waals surface area contributed by atoms with E-state index in [1.54, 1.807) is 12.3 Å². The molecule has 1 aliphatic rings. The summed E-state index contributed by atoms with van der Waals surface area (Å²) in [5.74, 6) is -1.43. The van der Waals surface area contributed by atoms with Crippen molar-refractivity contribution in [1.82, 2.24) is 14.8 Å². The van der Waals surface area contributed by atoms with E-state index in [1.165, 1.54) is 11.3 Å². The van der Waals surface area contributed by atoms with Crippen LogP contribution in [0.1, 0.15) is 61.6 Å². The Morgan fingerprint density at radius 1 is 1.26 bits per heavy atom. The molecular weight excluding hydrogens is 465 g/mol. The molecule has 0 bridgehead atoms. The molecule has 3 aromatic rings. The number of hydrogen-bond acceptors (Lipinski definition) is 5. The molecule has 0 atom stereocenters. The molecule has 1 aliphatic carbocycles. The fourth-order valence-electron chi connectivity index (χ4n) is 4.46. The van der Waals surface area contributed by atoms with Gasteiger partial charge in [0.15, 0.2) is 5.82 Å². The number of alkyl halides is 3. The van der Waals surface area contributed by atoms with Crippen molar-refractivity contribution in [3.8, 4) is 10.4 Å². The molecule has 182 valence electrons. The maximum atomic E-state index is 13.1. The number of rotatable bonds is 7. The Hall–Kier alpha value is -2.88. The Morgan fingerprint density at radius 2 is 2.00 bits per heavy atom. The van der Waals surface area contributed by atoms with Gasteiger partial charge in [-0.25, -0.2) is 9.78 Å². The molecule has 3 heterocycles. The number of thiophene rings is 1. The summed E-state index contributed by atoms with van der Waals surface area (Å²) in [6.45, 7) is 4.14. The van der Waals surface area contributed by atoms with Crippen molar-refractivity contribution in [3.05, 3.63) is 47.1 Å². The van der Waals surface area contributed by atoms with Gasteiger partial charge in [0.2, 0.25) is 0 Å². The van der Waals surface area contributed by atoms with Crippen LogP contribution in [0.3, 0.4) is 0 Å². The highest BCUT2D eigenvalue weighted by Gasteiger charge is 2.42. The molecule has 0 aliphatic heterocycles. The van der Waals surface area contributed by atoms with Gasteiger partial charge < -0.3 is 10.4 Å². The van der Waals surface area contributed by atoms with Crippen molar-refractivity contribution < 1.29 is 23.1 Å². The van der Waals surface area contributed by atoms with E-state index in [0.29, 0.717) is 36.6 Å². The number of aromatic carboxylic acids is 1. The molecule has 4 rings (SSSR count). The first-order valence-electron chi connectivity index (χ1n) is 11.3. The number of aromatic nitrogens is 3. The van der Waals surface area contributed by atoms with E-state index in [0.717, 1.165) is 10.6 Å². The fourth-order valence-corrected chi connectivity index (χ4v) is 5.16. The maximum Gasteiger partial charge on any atom is 0.391 e. The van der Waals surface area contributed by atoms with Crippen LogP contribution in [0.4, 0.5) is 24.8 Å². The summed E-state index contributed by atoms with van der Waals surface area (Å²) >= 11 is 1.50. The number of nitrogens with zero attached hydrogens (tertiary/aromatic N) is 3.